The van der Waals surface area contributed by atoms with E-state index >= 15 is 0 Å². The minimum absolute atomic E-state index is 0.347. The highest BCUT2D eigenvalue weighted by Gasteiger charge is 2.35. The molecule has 0 saturated carbocycles. The van der Waals surface area contributed by atoms with Crippen molar-refractivity contribution in [3.63, 3.8) is 0 Å². The molecule has 1 unspecified atom stereocenters. The molecule has 2 nitrogen and oxygen atoms in total. The van der Waals surface area contributed by atoms with E-state index in [-0.39, 0.29) is 0 Å². The van der Waals surface area contributed by atoms with Crippen LogP contribution in [0.4, 0.5) is 0 Å². The van der Waals surface area contributed by atoms with Gasteiger partial charge in [-0.15, -0.1) is 0 Å². The molecule has 106 valence electrons. The minimum atomic E-state index is 0.347. The molecular formula is C16H32N2. The summed E-state index contributed by atoms with van der Waals surface area (Å²) < 4.78 is 0. The summed E-state index contributed by atoms with van der Waals surface area (Å²) in [6.45, 7) is 14.8. The lowest BCUT2D eigenvalue weighted by Crippen LogP contribution is -2.63. The third-order valence-corrected chi connectivity index (χ3v) is 4.44. The van der Waals surface area contributed by atoms with E-state index in [9.17, 15) is 0 Å². The second-order valence-electron chi connectivity index (χ2n) is 6.02. The highest BCUT2D eigenvalue weighted by atomic mass is 15.2. The Balaban J connectivity index is 2.72. The third-order valence-electron chi connectivity index (χ3n) is 4.44. The highest BCUT2D eigenvalue weighted by molar-refractivity contribution is 5.01. The number of nitrogens with one attached hydrogen (secondary N) is 1. The van der Waals surface area contributed by atoms with Crippen molar-refractivity contribution in [2.45, 2.75) is 71.9 Å². The van der Waals surface area contributed by atoms with Crippen LogP contribution in [0.2, 0.25) is 0 Å². The van der Waals surface area contributed by atoms with Gasteiger partial charge in [-0.1, -0.05) is 38.8 Å². The van der Waals surface area contributed by atoms with Crippen molar-refractivity contribution in [2.24, 2.45) is 0 Å². The van der Waals surface area contributed by atoms with Crippen LogP contribution in [0.25, 0.3) is 0 Å². The summed E-state index contributed by atoms with van der Waals surface area (Å²) in [5.74, 6) is 0. The molecule has 1 saturated heterocycles. The minimum Gasteiger partial charge on any atom is -0.308 e. The van der Waals surface area contributed by atoms with Crippen molar-refractivity contribution in [3.8, 4) is 0 Å². The van der Waals surface area contributed by atoms with Crippen molar-refractivity contribution in [3.05, 3.63) is 11.6 Å². The fraction of sp³-hybridized carbons (Fsp3) is 0.875. The number of hydrogen-bond acceptors (Lipinski definition) is 2. The molecule has 18 heavy (non-hydrogen) atoms. The molecule has 1 heterocycles. The van der Waals surface area contributed by atoms with Crippen LogP contribution in [0.3, 0.4) is 0 Å². The molecule has 0 amide bonds. The fourth-order valence-electron chi connectivity index (χ4n) is 2.89. The van der Waals surface area contributed by atoms with E-state index in [1.54, 1.807) is 0 Å². The first-order valence-electron chi connectivity index (χ1n) is 7.69. The second kappa shape index (κ2) is 7.30. The second-order valence-corrected chi connectivity index (χ2v) is 6.02. The maximum atomic E-state index is 3.82. The summed E-state index contributed by atoms with van der Waals surface area (Å²) in [6, 6.07) is 0.719. The van der Waals surface area contributed by atoms with Gasteiger partial charge in [0.15, 0.2) is 0 Å². The normalized spacial score (nSPS) is 23.9. The third kappa shape index (κ3) is 4.10. The van der Waals surface area contributed by atoms with Gasteiger partial charge in [0.05, 0.1) is 0 Å². The predicted molar refractivity (Wildman–Crippen MR) is 81.0 cm³/mol. The Bertz CT molecular complexity index is 262. The summed E-state index contributed by atoms with van der Waals surface area (Å²) in [4.78, 5) is 2.69. The van der Waals surface area contributed by atoms with Gasteiger partial charge in [-0.05, 0) is 33.1 Å². The summed E-state index contributed by atoms with van der Waals surface area (Å²) in [6.07, 6.45) is 7.43. The lowest BCUT2D eigenvalue weighted by Gasteiger charge is -2.47. The first-order valence-corrected chi connectivity index (χ1v) is 7.69. The van der Waals surface area contributed by atoms with Gasteiger partial charge in [-0.2, -0.15) is 0 Å². The molecule has 0 aliphatic carbocycles. The molecule has 0 radical (unpaired) electrons. The standard InChI is InChI=1S/C16H32N2/c1-6-9-15-12-17-16(7-2,8-3)13-18(15)11-10-14(4)5/h10,15,17H,6-9,11-13H2,1-5H3. The number of hydrogen-bond donors (Lipinski definition) is 1. The SMILES string of the molecule is CCCC1CNC(CC)(CC)CN1CC=C(C)C. The monoisotopic (exact) mass is 252 g/mol. The molecule has 1 fully saturated rings. The number of rotatable bonds is 6. The van der Waals surface area contributed by atoms with Gasteiger partial charge in [0, 0.05) is 31.2 Å². The largest absolute Gasteiger partial charge is 0.308 e. The Morgan fingerprint density at radius 1 is 1.28 bits per heavy atom. The van der Waals surface area contributed by atoms with Crippen molar-refractivity contribution in [1.82, 2.24) is 10.2 Å². The lowest BCUT2D eigenvalue weighted by atomic mass is 9.87. The van der Waals surface area contributed by atoms with E-state index in [2.05, 4.69) is 50.9 Å². The molecule has 1 aliphatic rings. The van der Waals surface area contributed by atoms with Crippen LogP contribution in [-0.2, 0) is 0 Å². The average molecular weight is 252 g/mol. The van der Waals surface area contributed by atoms with Crippen LogP contribution in [0.15, 0.2) is 11.6 Å². The predicted octanol–water partition coefficient (Wildman–Crippen LogP) is 3.59. The number of nitrogens with zero attached hydrogens (tertiary/aromatic N) is 1. The highest BCUT2D eigenvalue weighted by Crippen LogP contribution is 2.24. The van der Waals surface area contributed by atoms with Crippen LogP contribution in [-0.4, -0.2) is 36.1 Å². The van der Waals surface area contributed by atoms with Gasteiger partial charge in [-0.3, -0.25) is 4.90 Å². The van der Waals surface area contributed by atoms with Gasteiger partial charge >= 0.3 is 0 Å². The van der Waals surface area contributed by atoms with E-state index in [0.29, 0.717) is 5.54 Å². The molecule has 0 bridgehead atoms. The van der Waals surface area contributed by atoms with Gasteiger partial charge in [-0.25, -0.2) is 0 Å². The maximum absolute atomic E-state index is 3.82. The van der Waals surface area contributed by atoms with Crippen molar-refractivity contribution in [2.75, 3.05) is 19.6 Å². The zero-order valence-corrected chi connectivity index (χ0v) is 13.1. The number of allylic oxidation sites excluding steroid dienone is 1. The average Bonchev–Trinajstić information content (AvgIpc) is 2.38. The smallest absolute Gasteiger partial charge is 0.0304 e. The number of piperazine rings is 1. The first-order chi connectivity index (χ1) is 8.56. The quantitative estimate of drug-likeness (QED) is 0.727. The molecule has 0 aromatic heterocycles. The molecule has 2 heteroatoms. The summed E-state index contributed by atoms with van der Waals surface area (Å²) in [5.41, 5.74) is 1.78. The molecule has 0 aromatic carbocycles. The van der Waals surface area contributed by atoms with E-state index < -0.39 is 0 Å². The van der Waals surface area contributed by atoms with Gasteiger partial charge in [0.25, 0.3) is 0 Å². The maximum Gasteiger partial charge on any atom is 0.0304 e. The Morgan fingerprint density at radius 2 is 1.94 bits per heavy atom. The van der Waals surface area contributed by atoms with Crippen LogP contribution in [0.5, 0.6) is 0 Å². The molecule has 0 spiro atoms. The van der Waals surface area contributed by atoms with Crippen LogP contribution >= 0.6 is 0 Å². The van der Waals surface area contributed by atoms with E-state index in [1.807, 2.05) is 0 Å². The van der Waals surface area contributed by atoms with Crippen LogP contribution < -0.4 is 5.32 Å². The Labute approximate surface area is 114 Å². The topological polar surface area (TPSA) is 15.3 Å². The summed E-state index contributed by atoms with van der Waals surface area (Å²) >= 11 is 0. The molecule has 1 atom stereocenters. The zero-order chi connectivity index (χ0) is 13.6. The summed E-state index contributed by atoms with van der Waals surface area (Å²) in [7, 11) is 0. The Morgan fingerprint density at radius 3 is 2.44 bits per heavy atom. The van der Waals surface area contributed by atoms with E-state index in [1.165, 1.54) is 37.8 Å². The van der Waals surface area contributed by atoms with E-state index in [0.717, 1.165) is 19.1 Å². The first kappa shape index (κ1) is 15.7. The lowest BCUT2D eigenvalue weighted by molar-refractivity contribution is 0.0780. The van der Waals surface area contributed by atoms with Gasteiger partial charge < -0.3 is 5.32 Å². The summed E-state index contributed by atoms with van der Waals surface area (Å²) in [5, 5.41) is 3.82. The van der Waals surface area contributed by atoms with E-state index in [4.69, 9.17) is 0 Å². The van der Waals surface area contributed by atoms with Gasteiger partial charge in [0.1, 0.15) is 0 Å². The molecule has 1 aliphatic heterocycles. The molecule has 0 aromatic rings. The fourth-order valence-corrected chi connectivity index (χ4v) is 2.89. The van der Waals surface area contributed by atoms with Crippen LogP contribution in [0, 0.1) is 0 Å². The molecule has 1 rings (SSSR count). The van der Waals surface area contributed by atoms with Crippen molar-refractivity contribution < 1.29 is 0 Å². The Hall–Kier alpha value is -0.340. The van der Waals surface area contributed by atoms with Crippen molar-refractivity contribution in [1.29, 1.82) is 0 Å². The van der Waals surface area contributed by atoms with Crippen molar-refractivity contribution >= 4 is 0 Å². The van der Waals surface area contributed by atoms with Gasteiger partial charge in [0.2, 0.25) is 0 Å². The Kier molecular flexibility index (Phi) is 6.37. The van der Waals surface area contributed by atoms with Crippen LogP contribution in [0.1, 0.15) is 60.3 Å². The molecular weight excluding hydrogens is 220 g/mol. The zero-order valence-electron chi connectivity index (χ0n) is 13.1. The molecule has 1 N–H and O–H groups in total.